The molecule has 0 radical (unpaired) electrons. The molecule has 148 valence electrons. The average molecular weight is 367 g/mol. The lowest BCUT2D eigenvalue weighted by Crippen LogP contribution is -2.51. The van der Waals surface area contributed by atoms with E-state index in [1.165, 1.54) is 0 Å². The smallest absolute Gasteiger partial charge is 0.245 e. The molecule has 1 aliphatic heterocycles. The number of ketones is 1. The molecule has 0 bridgehead atoms. The highest BCUT2D eigenvalue weighted by molar-refractivity contribution is 5.92. The van der Waals surface area contributed by atoms with E-state index in [0.29, 0.717) is 18.9 Å². The van der Waals surface area contributed by atoms with Crippen molar-refractivity contribution in [1.82, 2.24) is 15.5 Å². The standard InChI is InChI=1S/C19H33N3O4/c1-13(2)16(23)12-22-10-9-14(3)7-5-6-8-17(24)20-11-18(25)21-15(4)19(22)26/h13-15H,5-12H2,1-4H3,(H,20,24)(H,21,25). The van der Waals surface area contributed by atoms with Crippen molar-refractivity contribution in [1.29, 1.82) is 0 Å². The summed E-state index contributed by atoms with van der Waals surface area (Å²) in [5.41, 5.74) is 0. The molecule has 0 aromatic rings. The summed E-state index contributed by atoms with van der Waals surface area (Å²) >= 11 is 0. The number of hydrogen-bond acceptors (Lipinski definition) is 4. The fraction of sp³-hybridized carbons (Fsp3) is 0.789. The molecule has 0 aromatic heterocycles. The Kier molecular flexibility index (Phi) is 9.30. The van der Waals surface area contributed by atoms with Crippen molar-refractivity contribution in [2.45, 2.75) is 65.8 Å². The Balaban J connectivity index is 2.85. The predicted molar refractivity (Wildman–Crippen MR) is 99.3 cm³/mol. The number of hydrogen-bond donors (Lipinski definition) is 2. The average Bonchev–Trinajstić information content (AvgIpc) is 2.58. The second-order valence-electron chi connectivity index (χ2n) is 7.59. The van der Waals surface area contributed by atoms with Gasteiger partial charge in [-0.1, -0.05) is 33.6 Å². The summed E-state index contributed by atoms with van der Waals surface area (Å²) in [5, 5.41) is 5.18. The zero-order chi connectivity index (χ0) is 19.7. The molecule has 1 heterocycles. The first-order valence-corrected chi connectivity index (χ1v) is 9.58. The molecule has 7 nitrogen and oxygen atoms in total. The van der Waals surface area contributed by atoms with Crippen molar-refractivity contribution in [3.05, 3.63) is 0 Å². The highest BCUT2D eigenvalue weighted by Gasteiger charge is 2.25. The lowest BCUT2D eigenvalue weighted by molar-refractivity contribution is -0.139. The maximum Gasteiger partial charge on any atom is 0.245 e. The Labute approximate surface area is 156 Å². The van der Waals surface area contributed by atoms with Gasteiger partial charge in [0.1, 0.15) is 6.04 Å². The Hall–Kier alpha value is -1.92. The molecule has 7 heteroatoms. The first-order valence-electron chi connectivity index (χ1n) is 9.58. The maximum absolute atomic E-state index is 12.7. The van der Waals surface area contributed by atoms with Gasteiger partial charge in [-0.05, 0) is 25.7 Å². The minimum Gasteiger partial charge on any atom is -0.347 e. The van der Waals surface area contributed by atoms with Crippen molar-refractivity contribution in [3.63, 3.8) is 0 Å². The minimum atomic E-state index is -0.736. The highest BCUT2D eigenvalue weighted by atomic mass is 16.2. The third-order valence-electron chi connectivity index (χ3n) is 4.74. The van der Waals surface area contributed by atoms with Crippen molar-refractivity contribution in [2.75, 3.05) is 19.6 Å². The van der Waals surface area contributed by atoms with Gasteiger partial charge in [-0.2, -0.15) is 0 Å². The second-order valence-corrected chi connectivity index (χ2v) is 7.59. The monoisotopic (exact) mass is 367 g/mol. The normalized spacial score (nSPS) is 24.5. The Morgan fingerprint density at radius 1 is 1.12 bits per heavy atom. The van der Waals surface area contributed by atoms with Crippen LogP contribution in [0, 0.1) is 11.8 Å². The van der Waals surface area contributed by atoms with Crippen LogP contribution in [-0.2, 0) is 19.2 Å². The zero-order valence-electron chi connectivity index (χ0n) is 16.5. The first kappa shape index (κ1) is 22.1. The molecule has 1 rings (SSSR count). The van der Waals surface area contributed by atoms with Gasteiger partial charge < -0.3 is 15.5 Å². The third-order valence-corrected chi connectivity index (χ3v) is 4.74. The van der Waals surface area contributed by atoms with Crippen LogP contribution in [0.5, 0.6) is 0 Å². The van der Waals surface area contributed by atoms with Gasteiger partial charge in [0.25, 0.3) is 0 Å². The molecule has 26 heavy (non-hydrogen) atoms. The summed E-state index contributed by atoms with van der Waals surface area (Å²) in [4.78, 5) is 50.1. The molecule has 2 unspecified atom stereocenters. The Morgan fingerprint density at radius 2 is 1.81 bits per heavy atom. The van der Waals surface area contributed by atoms with E-state index in [-0.39, 0.29) is 36.6 Å². The van der Waals surface area contributed by atoms with Crippen LogP contribution >= 0.6 is 0 Å². The van der Waals surface area contributed by atoms with Gasteiger partial charge in [0.05, 0.1) is 13.1 Å². The molecule has 1 saturated heterocycles. The SMILES string of the molecule is CC1CCCCC(=O)NCC(=O)NC(C)C(=O)N(CC(=O)C(C)C)CC1. The number of carbonyl (C=O) groups is 4. The lowest BCUT2D eigenvalue weighted by atomic mass is 9.99. The van der Waals surface area contributed by atoms with Crippen LogP contribution in [0.4, 0.5) is 0 Å². The molecular formula is C19H33N3O4. The van der Waals surface area contributed by atoms with Gasteiger partial charge in [0.2, 0.25) is 17.7 Å². The Bertz CT molecular complexity index is 519. The number of nitrogens with one attached hydrogen (secondary N) is 2. The van der Waals surface area contributed by atoms with Crippen LogP contribution in [0.2, 0.25) is 0 Å². The zero-order valence-corrected chi connectivity index (χ0v) is 16.5. The predicted octanol–water partition coefficient (Wildman–Crippen LogP) is 1.26. The van der Waals surface area contributed by atoms with Gasteiger partial charge in [0, 0.05) is 18.9 Å². The van der Waals surface area contributed by atoms with Crippen molar-refractivity contribution < 1.29 is 19.2 Å². The molecular weight excluding hydrogens is 334 g/mol. The van der Waals surface area contributed by atoms with E-state index in [9.17, 15) is 19.2 Å². The molecule has 0 spiro atoms. The van der Waals surface area contributed by atoms with E-state index >= 15 is 0 Å². The topological polar surface area (TPSA) is 95.6 Å². The fourth-order valence-electron chi connectivity index (χ4n) is 2.83. The van der Waals surface area contributed by atoms with E-state index in [1.807, 2.05) is 13.8 Å². The van der Waals surface area contributed by atoms with E-state index in [0.717, 1.165) is 25.7 Å². The van der Waals surface area contributed by atoms with E-state index in [1.54, 1.807) is 11.8 Å². The van der Waals surface area contributed by atoms with Crippen molar-refractivity contribution in [3.8, 4) is 0 Å². The van der Waals surface area contributed by atoms with Crippen LogP contribution in [-0.4, -0.2) is 54.1 Å². The van der Waals surface area contributed by atoms with Crippen molar-refractivity contribution >= 4 is 23.5 Å². The third kappa shape index (κ3) is 7.97. The van der Waals surface area contributed by atoms with Gasteiger partial charge in [-0.25, -0.2) is 0 Å². The molecule has 0 aromatic carbocycles. The van der Waals surface area contributed by atoms with Crippen LogP contribution in [0.25, 0.3) is 0 Å². The summed E-state index contributed by atoms with van der Waals surface area (Å²) in [7, 11) is 0. The molecule has 0 saturated carbocycles. The van der Waals surface area contributed by atoms with Gasteiger partial charge in [0.15, 0.2) is 5.78 Å². The quantitative estimate of drug-likeness (QED) is 0.785. The number of amides is 3. The molecule has 1 aliphatic rings. The van der Waals surface area contributed by atoms with E-state index in [4.69, 9.17) is 0 Å². The number of Topliss-reactive ketones (excluding diaryl/α,β-unsaturated/α-hetero) is 1. The number of rotatable bonds is 3. The summed E-state index contributed by atoms with van der Waals surface area (Å²) in [6.07, 6.45) is 3.88. The summed E-state index contributed by atoms with van der Waals surface area (Å²) < 4.78 is 0. The molecule has 1 fully saturated rings. The largest absolute Gasteiger partial charge is 0.347 e. The van der Waals surface area contributed by atoms with Gasteiger partial charge >= 0.3 is 0 Å². The second kappa shape index (κ2) is 10.9. The molecule has 2 atom stereocenters. The van der Waals surface area contributed by atoms with Crippen molar-refractivity contribution in [2.24, 2.45) is 11.8 Å². The first-order chi connectivity index (χ1) is 12.2. The van der Waals surface area contributed by atoms with Crippen LogP contribution < -0.4 is 10.6 Å². The maximum atomic E-state index is 12.7. The van der Waals surface area contributed by atoms with Gasteiger partial charge in [-0.15, -0.1) is 0 Å². The van der Waals surface area contributed by atoms with Crippen LogP contribution in [0.1, 0.15) is 59.8 Å². The highest BCUT2D eigenvalue weighted by Crippen LogP contribution is 2.15. The fourth-order valence-corrected chi connectivity index (χ4v) is 2.83. The molecule has 3 amide bonds. The number of carbonyl (C=O) groups excluding carboxylic acids is 4. The summed E-state index contributed by atoms with van der Waals surface area (Å²) in [5.74, 6) is -0.548. The summed E-state index contributed by atoms with van der Waals surface area (Å²) in [6.45, 7) is 7.79. The minimum absolute atomic E-state index is 0.00899. The number of nitrogens with zero attached hydrogens (tertiary/aromatic N) is 1. The van der Waals surface area contributed by atoms with E-state index < -0.39 is 11.9 Å². The lowest BCUT2D eigenvalue weighted by Gasteiger charge is -2.27. The van der Waals surface area contributed by atoms with Crippen LogP contribution in [0.3, 0.4) is 0 Å². The molecule has 2 N–H and O–H groups in total. The summed E-state index contributed by atoms with van der Waals surface area (Å²) in [6, 6.07) is -0.736. The van der Waals surface area contributed by atoms with Crippen LogP contribution in [0.15, 0.2) is 0 Å². The molecule has 0 aliphatic carbocycles. The van der Waals surface area contributed by atoms with Gasteiger partial charge in [-0.3, -0.25) is 19.2 Å². The van der Waals surface area contributed by atoms with E-state index in [2.05, 4.69) is 17.6 Å². The Morgan fingerprint density at radius 3 is 2.46 bits per heavy atom.